The quantitative estimate of drug-likeness (QED) is 0.0195. The van der Waals surface area contributed by atoms with E-state index < -0.39 is 24.3 Å². The minimum atomic E-state index is -1.62. The second-order valence-electron chi connectivity index (χ2n) is 30.4. The molecule has 586 valence electrons. The Kier molecular flexibility index (Phi) is 78.8. The number of carbonyl (C=O) groups excluding carboxylic acids is 3. The molecule has 9 heteroatoms. The normalized spacial score (nSPS) is 13.1. The third-order valence-electron chi connectivity index (χ3n) is 19.3. The van der Waals surface area contributed by atoms with Crippen LogP contribution in [0, 0.1) is 0 Å². The maximum absolute atomic E-state index is 13.0. The maximum atomic E-state index is 13.0. The second-order valence-corrected chi connectivity index (χ2v) is 30.4. The molecule has 101 heavy (non-hydrogen) atoms. The number of hydrogen-bond donors (Lipinski definition) is 0. The van der Waals surface area contributed by atoms with Crippen LogP contribution in [-0.2, 0) is 33.3 Å². The van der Waals surface area contributed by atoms with E-state index in [4.69, 9.17) is 18.9 Å². The molecule has 0 N–H and O–H groups in total. The van der Waals surface area contributed by atoms with E-state index in [9.17, 15) is 19.5 Å². The van der Waals surface area contributed by atoms with E-state index in [1.807, 2.05) is 21.1 Å². The van der Waals surface area contributed by atoms with Gasteiger partial charge >= 0.3 is 11.9 Å². The van der Waals surface area contributed by atoms with E-state index in [0.717, 1.165) is 77.0 Å². The number of allylic oxidation sites excluding steroid dienone is 16. The lowest BCUT2D eigenvalue weighted by Crippen LogP contribution is -2.44. The Morgan fingerprint density at radius 3 is 0.842 bits per heavy atom. The van der Waals surface area contributed by atoms with Crippen molar-refractivity contribution in [3.05, 3.63) is 97.2 Å². The summed E-state index contributed by atoms with van der Waals surface area (Å²) in [5.41, 5.74) is 0. The second kappa shape index (κ2) is 81.9. The Balaban J connectivity index is 3.94. The first-order valence-electron chi connectivity index (χ1n) is 43.4. The summed E-state index contributed by atoms with van der Waals surface area (Å²) in [6, 6.07) is 0. The number of esters is 2. The van der Waals surface area contributed by atoms with Gasteiger partial charge in [-0.25, -0.2) is 0 Å². The van der Waals surface area contributed by atoms with Gasteiger partial charge in [0.05, 0.1) is 40.3 Å². The summed E-state index contributed by atoms with van der Waals surface area (Å²) < 4.78 is 22.9. The lowest BCUT2D eigenvalue weighted by Gasteiger charge is -2.26. The van der Waals surface area contributed by atoms with Crippen LogP contribution in [0.15, 0.2) is 97.2 Å². The van der Waals surface area contributed by atoms with Gasteiger partial charge < -0.3 is 33.3 Å². The van der Waals surface area contributed by atoms with Crippen LogP contribution in [0.25, 0.3) is 0 Å². The zero-order valence-electron chi connectivity index (χ0n) is 67.3. The molecule has 0 saturated carbocycles. The zero-order valence-corrected chi connectivity index (χ0v) is 67.3. The van der Waals surface area contributed by atoms with Gasteiger partial charge in [0.25, 0.3) is 0 Å². The molecule has 9 nitrogen and oxygen atoms in total. The van der Waals surface area contributed by atoms with Gasteiger partial charge in [-0.05, 0) is 96.3 Å². The third kappa shape index (κ3) is 83.4. The van der Waals surface area contributed by atoms with Gasteiger partial charge in [0, 0.05) is 12.8 Å². The van der Waals surface area contributed by atoms with Gasteiger partial charge in [0.1, 0.15) is 13.2 Å². The molecule has 0 saturated heterocycles. The first-order valence-corrected chi connectivity index (χ1v) is 43.4. The molecule has 0 heterocycles. The summed E-state index contributed by atoms with van der Waals surface area (Å²) in [4.78, 5) is 37.7. The number of likely N-dealkylation sites (N-methyl/N-ethyl adjacent to an activating group) is 1. The number of ether oxygens (including phenoxy) is 4. The summed E-state index contributed by atoms with van der Waals surface area (Å²) in [7, 11) is 5.95. The van der Waals surface area contributed by atoms with E-state index in [0.29, 0.717) is 23.9 Å². The molecule has 0 aromatic heterocycles. The molecule has 0 aromatic rings. The highest BCUT2D eigenvalue weighted by atomic mass is 16.7. The molecule has 0 spiro atoms. The summed E-state index contributed by atoms with van der Waals surface area (Å²) in [5, 5.41) is 11.9. The Morgan fingerprint density at radius 2 is 0.564 bits per heavy atom. The Bertz CT molecular complexity index is 1990. The summed E-state index contributed by atoms with van der Waals surface area (Å²) in [6.45, 7) is 4.68. The van der Waals surface area contributed by atoms with Crippen LogP contribution in [0.3, 0.4) is 0 Å². The molecular formula is C92H165NO8. The molecule has 0 aliphatic carbocycles. The predicted molar refractivity (Wildman–Crippen MR) is 435 cm³/mol. The summed E-state index contributed by atoms with van der Waals surface area (Å²) in [6.07, 6.45) is 111. The fraction of sp³-hybridized carbons (Fsp3) is 0.793. The molecule has 0 rings (SSSR count). The molecule has 0 aromatic carbocycles. The van der Waals surface area contributed by atoms with Crippen molar-refractivity contribution in [3.8, 4) is 0 Å². The average molecular weight is 1410 g/mol. The first-order chi connectivity index (χ1) is 49.6. The number of nitrogens with zero attached hydrogens (tertiary/aromatic N) is 1. The highest BCUT2D eigenvalue weighted by Gasteiger charge is 2.22. The standard InChI is InChI=1S/C92H165NO8/c1-6-8-10-12-14-16-18-20-22-24-26-28-30-32-34-36-38-40-42-44-45-47-48-50-52-54-56-58-60-62-64-66-68-70-72-74-76-78-80-82-89(94)99-86-88(87-100-92(91(96)97)98-85-84-93(3,4)5)101-90(95)83-81-79-77-75-73-71-69-67-65-63-61-59-57-55-53-51-49-46-43-41-39-37-35-33-31-29-27-25-23-21-19-17-15-13-11-9-7-2/h9,11,15,17-18,20-21,23-24,26-27,29-30,32-33,35,88,92H,6-8,10,12-14,16,19,22,25,28,31,34,36-87H2,1-5H3/b11-9-,17-15-,20-18-,23-21-,26-24-,29-27-,32-30-,35-33-. The van der Waals surface area contributed by atoms with Crippen LogP contribution in [0.5, 0.6) is 0 Å². The number of carboxylic acids is 1. The number of unbranched alkanes of at least 4 members (excludes halogenated alkanes) is 50. The minimum absolute atomic E-state index is 0.148. The Labute approximate surface area is 626 Å². The van der Waals surface area contributed by atoms with Gasteiger partial charge in [-0.15, -0.1) is 0 Å². The van der Waals surface area contributed by atoms with Gasteiger partial charge in [0.15, 0.2) is 12.4 Å². The molecule has 0 fully saturated rings. The zero-order chi connectivity index (χ0) is 73.2. The number of quaternary nitrogens is 1. The molecule has 0 aliphatic heterocycles. The van der Waals surface area contributed by atoms with Gasteiger partial charge in [0.2, 0.25) is 0 Å². The molecule has 2 unspecified atom stereocenters. The van der Waals surface area contributed by atoms with Crippen LogP contribution >= 0.6 is 0 Å². The highest BCUT2D eigenvalue weighted by molar-refractivity contribution is 5.70. The maximum Gasteiger partial charge on any atom is 0.306 e. The van der Waals surface area contributed by atoms with Crippen molar-refractivity contribution in [1.82, 2.24) is 0 Å². The lowest BCUT2D eigenvalue weighted by molar-refractivity contribution is -0.870. The van der Waals surface area contributed by atoms with E-state index in [1.54, 1.807) is 0 Å². The number of aliphatic carboxylic acids is 1. The van der Waals surface area contributed by atoms with Crippen LogP contribution in [-0.4, -0.2) is 82.3 Å². The van der Waals surface area contributed by atoms with Crippen molar-refractivity contribution in [3.63, 3.8) is 0 Å². The van der Waals surface area contributed by atoms with Gasteiger partial charge in [-0.1, -0.05) is 400 Å². The highest BCUT2D eigenvalue weighted by Crippen LogP contribution is 2.20. The van der Waals surface area contributed by atoms with Gasteiger partial charge in [-0.2, -0.15) is 0 Å². The molecule has 0 bridgehead atoms. The van der Waals surface area contributed by atoms with Crippen LogP contribution in [0.2, 0.25) is 0 Å². The molecule has 0 radical (unpaired) electrons. The average Bonchev–Trinajstić information content (AvgIpc) is 1.25. The third-order valence-corrected chi connectivity index (χ3v) is 19.3. The first kappa shape index (κ1) is 97.2. The molecule has 0 aliphatic rings. The van der Waals surface area contributed by atoms with Gasteiger partial charge in [-0.3, -0.25) is 9.59 Å². The molecule has 2 atom stereocenters. The van der Waals surface area contributed by atoms with E-state index in [2.05, 4.69) is 111 Å². The van der Waals surface area contributed by atoms with Crippen LogP contribution in [0.4, 0.5) is 0 Å². The van der Waals surface area contributed by atoms with E-state index in [-0.39, 0.29) is 32.2 Å². The van der Waals surface area contributed by atoms with Crippen molar-refractivity contribution >= 4 is 17.9 Å². The Morgan fingerprint density at radius 1 is 0.307 bits per heavy atom. The number of rotatable bonds is 81. The van der Waals surface area contributed by atoms with Crippen LogP contribution in [0.1, 0.15) is 412 Å². The summed E-state index contributed by atoms with van der Waals surface area (Å²) >= 11 is 0. The summed E-state index contributed by atoms with van der Waals surface area (Å²) in [5.74, 6) is -2.25. The monoisotopic (exact) mass is 1410 g/mol. The largest absolute Gasteiger partial charge is 0.545 e. The van der Waals surface area contributed by atoms with Crippen molar-refractivity contribution in [2.75, 3.05) is 47.5 Å². The topological polar surface area (TPSA) is 111 Å². The van der Waals surface area contributed by atoms with Crippen molar-refractivity contribution in [2.24, 2.45) is 0 Å². The lowest BCUT2D eigenvalue weighted by atomic mass is 10.0. The fourth-order valence-corrected chi connectivity index (χ4v) is 12.8. The van der Waals surface area contributed by atoms with E-state index >= 15 is 0 Å². The van der Waals surface area contributed by atoms with Crippen LogP contribution < -0.4 is 5.11 Å². The molecule has 0 amide bonds. The smallest absolute Gasteiger partial charge is 0.306 e. The van der Waals surface area contributed by atoms with Crippen molar-refractivity contribution in [1.29, 1.82) is 0 Å². The Hall–Kier alpha value is -3.79. The van der Waals surface area contributed by atoms with E-state index in [1.165, 1.54) is 302 Å². The minimum Gasteiger partial charge on any atom is -0.545 e. The van der Waals surface area contributed by atoms with Crippen molar-refractivity contribution < 1.29 is 42.9 Å². The number of carbonyl (C=O) groups is 3. The fourth-order valence-electron chi connectivity index (χ4n) is 12.8. The number of carboxylic acid groups (broad SMARTS) is 1. The SMILES string of the molecule is CC/C=C\C/C=C\C/C=C\C/C=C\C/C=C\CCCCCCCCCCCCCCCCCCCCCCCC(=O)OC(COC(=O)CCCCCCCCCCCCCCCCCCCCCCCCCC/C=C\C/C=C\C/C=C\CCCCCCC)COC(OCC[N+](C)(C)C)C(=O)[O-]. The van der Waals surface area contributed by atoms with Crippen molar-refractivity contribution in [2.45, 2.75) is 424 Å². The molecular weight excluding hydrogens is 1250 g/mol. The predicted octanol–water partition coefficient (Wildman–Crippen LogP) is 26.9. The number of hydrogen-bond acceptors (Lipinski definition) is 8.